The Hall–Kier alpha value is -3.22. The summed E-state index contributed by atoms with van der Waals surface area (Å²) in [6.07, 6.45) is 8.25. The summed E-state index contributed by atoms with van der Waals surface area (Å²) < 4.78 is 22.7. The standard InChI is InChI=1S/C29H38N2O5/c1-29(2,3)36-28(32)31-13-12-19-14-22(33-4)16-24(27(19)31)23-17-26(35-6)25(34-5)15-20(23)18-30-21-10-8-7-9-11-21/h14-18,21H,7-13H2,1-6H3. The Labute approximate surface area is 214 Å². The first-order chi connectivity index (χ1) is 17.2. The molecule has 0 atom stereocenters. The van der Waals surface area contributed by atoms with Crippen molar-refractivity contribution in [2.45, 2.75) is 70.9 Å². The topological polar surface area (TPSA) is 69.6 Å². The zero-order valence-corrected chi connectivity index (χ0v) is 22.3. The number of aliphatic imine (C=N–C) groups is 1. The Kier molecular flexibility index (Phi) is 7.76. The summed E-state index contributed by atoms with van der Waals surface area (Å²) in [6, 6.07) is 8.22. The van der Waals surface area contributed by atoms with Crippen LogP contribution in [0.1, 0.15) is 64.0 Å². The quantitative estimate of drug-likeness (QED) is 0.433. The third-order valence-corrected chi connectivity index (χ3v) is 6.73. The van der Waals surface area contributed by atoms with Crippen molar-refractivity contribution in [3.05, 3.63) is 35.4 Å². The predicted octanol–water partition coefficient (Wildman–Crippen LogP) is 6.43. The highest BCUT2D eigenvalue weighted by Gasteiger charge is 2.33. The van der Waals surface area contributed by atoms with Gasteiger partial charge >= 0.3 is 6.09 Å². The molecule has 1 heterocycles. The third-order valence-electron chi connectivity index (χ3n) is 6.73. The lowest BCUT2D eigenvalue weighted by Gasteiger charge is -2.26. The maximum absolute atomic E-state index is 13.2. The zero-order chi connectivity index (χ0) is 25.9. The van der Waals surface area contributed by atoms with E-state index in [2.05, 4.69) is 0 Å². The second kappa shape index (κ2) is 10.8. The molecule has 1 amide bonds. The number of methoxy groups -OCH3 is 3. The van der Waals surface area contributed by atoms with Crippen molar-refractivity contribution >= 4 is 18.0 Å². The summed E-state index contributed by atoms with van der Waals surface area (Å²) in [5.41, 5.74) is 3.97. The zero-order valence-electron chi connectivity index (χ0n) is 22.3. The molecule has 0 saturated heterocycles. The molecule has 0 unspecified atom stereocenters. The van der Waals surface area contributed by atoms with Gasteiger partial charge in [-0.25, -0.2) is 4.79 Å². The average Bonchev–Trinajstić information content (AvgIpc) is 3.30. The number of nitrogens with zero attached hydrogens (tertiary/aromatic N) is 2. The number of hydrogen-bond donors (Lipinski definition) is 0. The third kappa shape index (κ3) is 5.61. The van der Waals surface area contributed by atoms with E-state index in [-0.39, 0.29) is 6.09 Å². The van der Waals surface area contributed by atoms with Gasteiger partial charge in [-0.3, -0.25) is 9.89 Å². The maximum Gasteiger partial charge on any atom is 0.414 e. The van der Waals surface area contributed by atoms with Gasteiger partial charge < -0.3 is 18.9 Å². The molecule has 4 rings (SSSR count). The Balaban J connectivity index is 1.87. The number of carbonyl (C=O) groups excluding carboxylic acids is 1. The van der Waals surface area contributed by atoms with Gasteiger partial charge in [-0.1, -0.05) is 19.3 Å². The Bertz CT molecular complexity index is 1130. The number of ether oxygens (including phenoxy) is 4. The van der Waals surface area contributed by atoms with Crippen LogP contribution in [-0.4, -0.2) is 51.8 Å². The van der Waals surface area contributed by atoms with E-state index in [1.165, 1.54) is 19.3 Å². The van der Waals surface area contributed by atoms with E-state index in [4.69, 9.17) is 23.9 Å². The molecule has 7 nitrogen and oxygen atoms in total. The van der Waals surface area contributed by atoms with E-state index in [0.717, 1.165) is 53.0 Å². The molecule has 2 aromatic rings. The van der Waals surface area contributed by atoms with Gasteiger partial charge in [0.1, 0.15) is 11.4 Å². The molecule has 2 aliphatic rings. The van der Waals surface area contributed by atoms with Gasteiger partial charge in [0.25, 0.3) is 0 Å². The minimum Gasteiger partial charge on any atom is -0.497 e. The largest absolute Gasteiger partial charge is 0.497 e. The van der Waals surface area contributed by atoms with Crippen molar-refractivity contribution in [1.29, 1.82) is 0 Å². The molecular weight excluding hydrogens is 456 g/mol. The molecule has 1 fully saturated rings. The minimum absolute atomic E-state index is 0.328. The van der Waals surface area contributed by atoms with E-state index in [0.29, 0.717) is 24.1 Å². The van der Waals surface area contributed by atoms with Gasteiger partial charge in [-0.15, -0.1) is 0 Å². The average molecular weight is 495 g/mol. The van der Waals surface area contributed by atoms with Crippen LogP contribution < -0.4 is 19.1 Å². The molecule has 194 valence electrons. The second-order valence-electron chi connectivity index (χ2n) is 10.4. The molecule has 0 radical (unpaired) electrons. The van der Waals surface area contributed by atoms with Crippen molar-refractivity contribution < 1.29 is 23.7 Å². The predicted molar refractivity (Wildman–Crippen MR) is 143 cm³/mol. The molecule has 0 aromatic heterocycles. The van der Waals surface area contributed by atoms with Crippen LogP contribution in [0.5, 0.6) is 17.2 Å². The van der Waals surface area contributed by atoms with Crippen LogP contribution in [0.2, 0.25) is 0 Å². The first kappa shape index (κ1) is 25.9. The molecule has 2 aromatic carbocycles. The molecular formula is C29H38N2O5. The number of amides is 1. The molecule has 36 heavy (non-hydrogen) atoms. The highest BCUT2D eigenvalue weighted by atomic mass is 16.6. The molecule has 1 aliphatic carbocycles. The van der Waals surface area contributed by atoms with Gasteiger partial charge in [-0.2, -0.15) is 0 Å². The van der Waals surface area contributed by atoms with Crippen LogP contribution in [0.25, 0.3) is 11.1 Å². The Morgan fingerprint density at radius 1 is 0.944 bits per heavy atom. The summed E-state index contributed by atoms with van der Waals surface area (Å²) in [7, 11) is 4.92. The number of fused-ring (bicyclic) bond motifs is 1. The second-order valence-corrected chi connectivity index (χ2v) is 10.4. The van der Waals surface area contributed by atoms with Crippen LogP contribution in [0.3, 0.4) is 0 Å². The van der Waals surface area contributed by atoms with Gasteiger partial charge in [0.15, 0.2) is 11.5 Å². The first-order valence-electron chi connectivity index (χ1n) is 12.7. The number of hydrogen-bond acceptors (Lipinski definition) is 6. The lowest BCUT2D eigenvalue weighted by atomic mass is 9.94. The molecule has 0 spiro atoms. The Morgan fingerprint density at radius 3 is 2.28 bits per heavy atom. The molecule has 7 heteroatoms. The van der Waals surface area contributed by atoms with Gasteiger partial charge in [-0.05, 0) is 75.4 Å². The smallest absolute Gasteiger partial charge is 0.414 e. The van der Waals surface area contributed by atoms with E-state index < -0.39 is 5.60 Å². The normalized spacial score (nSPS) is 16.2. The summed E-state index contributed by atoms with van der Waals surface area (Å²) in [6.45, 7) is 6.18. The first-order valence-corrected chi connectivity index (χ1v) is 12.7. The van der Waals surface area contributed by atoms with E-state index >= 15 is 0 Å². The number of anilines is 1. The van der Waals surface area contributed by atoms with Crippen molar-refractivity contribution in [3.8, 4) is 28.4 Å². The fourth-order valence-corrected chi connectivity index (χ4v) is 4.99. The number of carbonyl (C=O) groups is 1. The van der Waals surface area contributed by atoms with Crippen LogP contribution in [-0.2, 0) is 11.2 Å². The summed E-state index contributed by atoms with van der Waals surface area (Å²) in [5.74, 6) is 1.98. The van der Waals surface area contributed by atoms with Crippen LogP contribution in [0, 0.1) is 0 Å². The van der Waals surface area contributed by atoms with Gasteiger partial charge in [0, 0.05) is 29.9 Å². The summed E-state index contributed by atoms with van der Waals surface area (Å²) >= 11 is 0. The lowest BCUT2D eigenvalue weighted by molar-refractivity contribution is 0.0584. The van der Waals surface area contributed by atoms with Crippen molar-refractivity contribution in [3.63, 3.8) is 0 Å². The summed E-state index contributed by atoms with van der Waals surface area (Å²) in [5, 5.41) is 0. The van der Waals surface area contributed by atoms with Gasteiger partial charge in [0.2, 0.25) is 0 Å². The van der Waals surface area contributed by atoms with Crippen LogP contribution in [0.15, 0.2) is 29.3 Å². The number of benzene rings is 2. The minimum atomic E-state index is -0.590. The monoisotopic (exact) mass is 494 g/mol. The number of rotatable bonds is 6. The fourth-order valence-electron chi connectivity index (χ4n) is 4.99. The highest BCUT2D eigenvalue weighted by molar-refractivity contribution is 6.01. The molecule has 0 bridgehead atoms. The fraction of sp³-hybridized carbons (Fsp3) is 0.517. The van der Waals surface area contributed by atoms with Crippen LogP contribution in [0.4, 0.5) is 10.5 Å². The summed E-state index contributed by atoms with van der Waals surface area (Å²) in [4.78, 5) is 19.9. The highest BCUT2D eigenvalue weighted by Crippen LogP contribution is 2.45. The van der Waals surface area contributed by atoms with Crippen molar-refractivity contribution in [1.82, 2.24) is 0 Å². The maximum atomic E-state index is 13.2. The molecule has 0 N–H and O–H groups in total. The van der Waals surface area contributed by atoms with E-state index in [9.17, 15) is 4.79 Å². The molecule has 1 saturated carbocycles. The van der Waals surface area contributed by atoms with Crippen molar-refractivity contribution in [2.75, 3.05) is 32.8 Å². The Morgan fingerprint density at radius 2 is 1.64 bits per heavy atom. The lowest BCUT2D eigenvalue weighted by Crippen LogP contribution is -2.36. The van der Waals surface area contributed by atoms with E-state index in [1.54, 1.807) is 26.2 Å². The SMILES string of the molecule is COc1cc2c(c(-c3cc(OC)c(OC)cc3C=NC3CCCCC3)c1)N(C(=O)OC(C)(C)C)CC2. The molecule has 1 aliphatic heterocycles. The van der Waals surface area contributed by atoms with Gasteiger partial charge in [0.05, 0.1) is 27.0 Å². The van der Waals surface area contributed by atoms with Crippen molar-refractivity contribution in [2.24, 2.45) is 4.99 Å². The van der Waals surface area contributed by atoms with Crippen LogP contribution >= 0.6 is 0 Å². The van der Waals surface area contributed by atoms with E-state index in [1.807, 2.05) is 51.3 Å².